The van der Waals surface area contributed by atoms with Crippen LogP contribution < -0.4 is 0 Å². The van der Waals surface area contributed by atoms with E-state index in [4.69, 9.17) is 4.74 Å². The zero-order valence-electron chi connectivity index (χ0n) is 9.62. The van der Waals surface area contributed by atoms with Gasteiger partial charge in [-0.2, -0.15) is 0 Å². The van der Waals surface area contributed by atoms with Crippen molar-refractivity contribution in [2.45, 2.75) is 32.5 Å². The maximum atomic E-state index is 11.6. The predicted molar refractivity (Wildman–Crippen MR) is 51.1 cm³/mol. The van der Waals surface area contributed by atoms with Crippen molar-refractivity contribution in [3.63, 3.8) is 0 Å². The molecule has 1 atom stereocenters. The Hall–Kier alpha value is -1.10. The summed E-state index contributed by atoms with van der Waals surface area (Å²) in [4.78, 5) is 23.3. The van der Waals surface area contributed by atoms with Gasteiger partial charge in [0.05, 0.1) is 20.3 Å². The van der Waals surface area contributed by atoms with Crippen LogP contribution in [-0.4, -0.2) is 37.9 Å². The maximum absolute atomic E-state index is 11.6. The van der Waals surface area contributed by atoms with Gasteiger partial charge in [0, 0.05) is 5.41 Å². The molecule has 5 nitrogen and oxygen atoms in total. The molecule has 1 saturated heterocycles. The molecule has 0 aromatic heterocycles. The molecule has 5 heteroatoms. The van der Waals surface area contributed by atoms with Crippen LogP contribution in [0.3, 0.4) is 0 Å². The van der Waals surface area contributed by atoms with E-state index in [1.165, 1.54) is 14.2 Å². The Morgan fingerprint density at radius 3 is 1.73 bits per heavy atom. The molecule has 0 N–H and O–H groups in total. The molecule has 0 bridgehead atoms. The van der Waals surface area contributed by atoms with Gasteiger partial charge < -0.3 is 14.2 Å². The number of hydrogen-bond donors (Lipinski definition) is 0. The van der Waals surface area contributed by atoms with Crippen LogP contribution >= 0.6 is 0 Å². The molecule has 0 aliphatic carbocycles. The molecular weight excluding hydrogens is 200 g/mol. The Bertz CT molecular complexity index is 278. The van der Waals surface area contributed by atoms with Crippen molar-refractivity contribution in [3.8, 4) is 0 Å². The highest BCUT2D eigenvalue weighted by Crippen LogP contribution is 2.51. The van der Waals surface area contributed by atoms with E-state index in [1.807, 2.05) is 0 Å². The molecule has 0 aromatic rings. The lowest BCUT2D eigenvalue weighted by Crippen LogP contribution is -2.73. The molecule has 1 aliphatic rings. The number of carbonyl (C=O) groups is 2. The van der Waals surface area contributed by atoms with Crippen LogP contribution in [-0.2, 0) is 23.8 Å². The lowest BCUT2D eigenvalue weighted by Gasteiger charge is -2.55. The molecule has 1 rings (SSSR count). The molecule has 86 valence electrons. The Labute approximate surface area is 88.7 Å². The van der Waals surface area contributed by atoms with Gasteiger partial charge in [-0.25, -0.2) is 9.59 Å². The van der Waals surface area contributed by atoms with Crippen molar-refractivity contribution >= 4 is 11.9 Å². The predicted octanol–water partition coefficient (Wildman–Crippen LogP) is 0.516. The molecular formula is C10H16O5. The summed E-state index contributed by atoms with van der Waals surface area (Å²) in [5.41, 5.74) is -2.25. The van der Waals surface area contributed by atoms with Crippen LogP contribution in [0.1, 0.15) is 20.8 Å². The summed E-state index contributed by atoms with van der Waals surface area (Å²) in [6.07, 6.45) is -0.198. The average molecular weight is 216 g/mol. The van der Waals surface area contributed by atoms with Crippen molar-refractivity contribution in [2.24, 2.45) is 5.41 Å². The fourth-order valence-corrected chi connectivity index (χ4v) is 1.79. The summed E-state index contributed by atoms with van der Waals surface area (Å²) in [6, 6.07) is 0. The van der Waals surface area contributed by atoms with Crippen LogP contribution in [0.4, 0.5) is 0 Å². The molecule has 0 amide bonds. The third-order valence-electron chi connectivity index (χ3n) is 3.22. The number of carbonyl (C=O) groups excluding carboxylic acids is 2. The fourth-order valence-electron chi connectivity index (χ4n) is 1.79. The second-order valence-corrected chi connectivity index (χ2v) is 4.15. The molecule has 1 unspecified atom stereocenters. The van der Waals surface area contributed by atoms with E-state index in [-0.39, 0.29) is 6.10 Å². The van der Waals surface area contributed by atoms with Gasteiger partial charge in [0.15, 0.2) is 0 Å². The van der Waals surface area contributed by atoms with Gasteiger partial charge in [-0.05, 0) is 6.92 Å². The Balaban J connectivity index is 3.12. The number of methoxy groups -OCH3 is 2. The van der Waals surface area contributed by atoms with E-state index in [2.05, 4.69) is 9.47 Å². The average Bonchev–Trinajstić information content (AvgIpc) is 2.23. The van der Waals surface area contributed by atoms with Crippen LogP contribution in [0.5, 0.6) is 0 Å². The summed E-state index contributed by atoms with van der Waals surface area (Å²) in [5.74, 6) is -1.42. The normalized spacial score (nSPS) is 26.3. The summed E-state index contributed by atoms with van der Waals surface area (Å²) in [5, 5.41) is 0. The first-order valence-corrected chi connectivity index (χ1v) is 4.69. The van der Waals surface area contributed by atoms with Gasteiger partial charge in [-0.15, -0.1) is 0 Å². The molecule has 0 radical (unpaired) electrons. The SMILES string of the molecule is COC(=O)C1(C(=O)OC)OC(C)C1(C)C. The summed E-state index contributed by atoms with van der Waals surface area (Å²) >= 11 is 0. The highest BCUT2D eigenvalue weighted by Gasteiger charge is 2.71. The second kappa shape index (κ2) is 3.48. The van der Waals surface area contributed by atoms with Gasteiger partial charge in [0.1, 0.15) is 0 Å². The summed E-state index contributed by atoms with van der Waals surface area (Å²) in [7, 11) is 2.44. The first kappa shape index (κ1) is 12.0. The van der Waals surface area contributed by atoms with Crippen molar-refractivity contribution in [3.05, 3.63) is 0 Å². The van der Waals surface area contributed by atoms with Gasteiger partial charge in [-0.3, -0.25) is 0 Å². The third kappa shape index (κ3) is 1.26. The van der Waals surface area contributed by atoms with Crippen LogP contribution in [0, 0.1) is 5.41 Å². The monoisotopic (exact) mass is 216 g/mol. The third-order valence-corrected chi connectivity index (χ3v) is 3.22. The summed E-state index contributed by atoms with van der Waals surface area (Å²) in [6.45, 7) is 5.34. The number of hydrogen-bond acceptors (Lipinski definition) is 5. The highest BCUT2D eigenvalue weighted by atomic mass is 16.6. The Kier molecular flexibility index (Phi) is 2.78. The zero-order chi connectivity index (χ0) is 11.9. The summed E-state index contributed by atoms with van der Waals surface area (Å²) < 4.78 is 14.5. The molecule has 1 aliphatic heterocycles. The minimum absolute atomic E-state index is 0.198. The smallest absolute Gasteiger partial charge is 0.350 e. The Morgan fingerprint density at radius 1 is 1.13 bits per heavy atom. The quantitative estimate of drug-likeness (QED) is 0.497. The first-order valence-electron chi connectivity index (χ1n) is 4.69. The van der Waals surface area contributed by atoms with E-state index in [9.17, 15) is 9.59 Å². The van der Waals surface area contributed by atoms with Crippen molar-refractivity contribution in [1.82, 2.24) is 0 Å². The van der Waals surface area contributed by atoms with Gasteiger partial charge in [0.2, 0.25) is 0 Å². The maximum Gasteiger partial charge on any atom is 0.350 e. The van der Waals surface area contributed by atoms with E-state index >= 15 is 0 Å². The molecule has 1 heterocycles. The molecule has 0 aromatic carbocycles. The lowest BCUT2D eigenvalue weighted by molar-refractivity contribution is -0.291. The van der Waals surface area contributed by atoms with E-state index in [0.29, 0.717) is 0 Å². The Morgan fingerprint density at radius 2 is 1.53 bits per heavy atom. The zero-order valence-corrected chi connectivity index (χ0v) is 9.62. The van der Waals surface area contributed by atoms with E-state index < -0.39 is 23.0 Å². The minimum Gasteiger partial charge on any atom is -0.466 e. The van der Waals surface area contributed by atoms with Crippen molar-refractivity contribution < 1.29 is 23.8 Å². The molecule has 1 fully saturated rings. The number of ether oxygens (including phenoxy) is 3. The van der Waals surface area contributed by atoms with Crippen molar-refractivity contribution in [1.29, 1.82) is 0 Å². The number of rotatable bonds is 2. The van der Waals surface area contributed by atoms with Gasteiger partial charge in [-0.1, -0.05) is 13.8 Å². The lowest BCUT2D eigenvalue weighted by atomic mass is 9.65. The van der Waals surface area contributed by atoms with Gasteiger partial charge >= 0.3 is 11.9 Å². The molecule has 0 saturated carbocycles. The van der Waals surface area contributed by atoms with E-state index in [1.54, 1.807) is 20.8 Å². The van der Waals surface area contributed by atoms with Gasteiger partial charge in [0.25, 0.3) is 5.60 Å². The second-order valence-electron chi connectivity index (χ2n) is 4.15. The topological polar surface area (TPSA) is 61.8 Å². The molecule has 0 spiro atoms. The number of esters is 2. The molecule has 15 heavy (non-hydrogen) atoms. The van der Waals surface area contributed by atoms with Crippen molar-refractivity contribution in [2.75, 3.05) is 14.2 Å². The van der Waals surface area contributed by atoms with Crippen LogP contribution in [0.2, 0.25) is 0 Å². The minimum atomic E-state index is -1.62. The highest BCUT2D eigenvalue weighted by molar-refractivity contribution is 6.05. The van der Waals surface area contributed by atoms with Crippen LogP contribution in [0.15, 0.2) is 0 Å². The standard InChI is InChI=1S/C10H16O5/c1-6-9(2,3)10(15-6,7(11)13-4)8(12)14-5/h6H,1-5H3. The fraction of sp³-hybridized carbons (Fsp3) is 0.800. The largest absolute Gasteiger partial charge is 0.466 e. The van der Waals surface area contributed by atoms with E-state index in [0.717, 1.165) is 0 Å². The van der Waals surface area contributed by atoms with Crippen LogP contribution in [0.25, 0.3) is 0 Å². The first-order chi connectivity index (χ1) is 6.84.